The van der Waals surface area contributed by atoms with Crippen molar-refractivity contribution in [1.29, 1.82) is 0 Å². The van der Waals surface area contributed by atoms with Crippen molar-refractivity contribution in [3.05, 3.63) is 88.9 Å². The molecule has 0 heterocycles. The Bertz CT molecular complexity index is 1120. The highest BCUT2D eigenvalue weighted by Crippen LogP contribution is 2.29. The molecule has 3 aromatic rings. The van der Waals surface area contributed by atoms with Crippen LogP contribution in [-0.2, 0) is 14.8 Å². The number of nitrogens with zero attached hydrogens (tertiary/aromatic N) is 1. The molecule has 0 aromatic heterocycles. The molecule has 7 heteroatoms. The first-order valence-electron chi connectivity index (χ1n) is 9.41. The molecule has 3 aromatic carbocycles. The summed E-state index contributed by atoms with van der Waals surface area (Å²) in [7, 11) is -4.09. The SMILES string of the molecule is CC(C)c1ccc(OCC(=O)N(c2ccccc2)S(=O)(=O)c2ccccc2)c(Br)c1. The van der Waals surface area contributed by atoms with Gasteiger partial charge in [0.25, 0.3) is 15.9 Å². The van der Waals surface area contributed by atoms with Crippen LogP contribution in [0.15, 0.2) is 88.2 Å². The van der Waals surface area contributed by atoms with E-state index in [1.165, 1.54) is 12.1 Å². The van der Waals surface area contributed by atoms with Crippen LogP contribution in [-0.4, -0.2) is 20.9 Å². The first-order chi connectivity index (χ1) is 14.3. The first-order valence-corrected chi connectivity index (χ1v) is 11.6. The van der Waals surface area contributed by atoms with Crippen molar-refractivity contribution in [2.75, 3.05) is 10.9 Å². The predicted octanol–water partition coefficient (Wildman–Crippen LogP) is 5.37. The number of hydrogen-bond donors (Lipinski definition) is 0. The maximum Gasteiger partial charge on any atom is 0.278 e. The fourth-order valence-electron chi connectivity index (χ4n) is 2.87. The van der Waals surface area contributed by atoms with Crippen molar-refractivity contribution >= 4 is 37.5 Å². The number of ether oxygens (including phenoxy) is 1. The number of benzene rings is 3. The van der Waals surface area contributed by atoms with E-state index in [9.17, 15) is 13.2 Å². The second-order valence-corrected chi connectivity index (χ2v) is 9.59. The summed E-state index contributed by atoms with van der Waals surface area (Å²) in [5, 5.41) is 0. The van der Waals surface area contributed by atoms with Crippen molar-refractivity contribution in [3.63, 3.8) is 0 Å². The van der Waals surface area contributed by atoms with Crippen LogP contribution >= 0.6 is 15.9 Å². The molecule has 0 unspecified atom stereocenters. The molecule has 0 radical (unpaired) electrons. The molecule has 3 rings (SSSR count). The number of anilines is 1. The average Bonchev–Trinajstić information content (AvgIpc) is 2.74. The van der Waals surface area contributed by atoms with Crippen molar-refractivity contribution in [3.8, 4) is 5.75 Å². The number of carbonyl (C=O) groups is 1. The Morgan fingerprint density at radius 1 is 0.967 bits per heavy atom. The molecule has 0 aliphatic rings. The molecule has 156 valence electrons. The minimum atomic E-state index is -4.09. The van der Waals surface area contributed by atoms with Crippen LogP contribution in [0.3, 0.4) is 0 Å². The Morgan fingerprint density at radius 3 is 2.13 bits per heavy atom. The van der Waals surface area contributed by atoms with E-state index in [-0.39, 0.29) is 10.6 Å². The normalized spacial score (nSPS) is 11.3. The summed E-state index contributed by atoms with van der Waals surface area (Å²) < 4.78 is 33.6. The number of amides is 1. The third-order valence-corrected chi connectivity index (χ3v) is 6.86. The summed E-state index contributed by atoms with van der Waals surface area (Å²) >= 11 is 3.46. The maximum atomic E-state index is 13.2. The second-order valence-electron chi connectivity index (χ2n) is 6.95. The average molecular weight is 488 g/mol. The first kappa shape index (κ1) is 22.1. The Labute approximate surface area is 185 Å². The van der Waals surface area contributed by atoms with Gasteiger partial charge in [-0.2, -0.15) is 4.31 Å². The summed E-state index contributed by atoms with van der Waals surface area (Å²) in [5.74, 6) is 0.129. The third-order valence-electron chi connectivity index (χ3n) is 4.47. The zero-order chi connectivity index (χ0) is 21.7. The molecule has 0 saturated heterocycles. The molecule has 0 atom stereocenters. The van der Waals surface area contributed by atoms with Gasteiger partial charge in [-0.1, -0.05) is 56.3 Å². The van der Waals surface area contributed by atoms with Gasteiger partial charge < -0.3 is 4.74 Å². The van der Waals surface area contributed by atoms with Crippen LogP contribution in [0.25, 0.3) is 0 Å². The van der Waals surface area contributed by atoms with Crippen LogP contribution in [0.4, 0.5) is 5.69 Å². The lowest BCUT2D eigenvalue weighted by atomic mass is 10.0. The largest absolute Gasteiger partial charge is 0.483 e. The summed E-state index contributed by atoms with van der Waals surface area (Å²) in [6.45, 7) is 3.73. The fraction of sp³-hybridized carbons (Fsp3) is 0.174. The third kappa shape index (κ3) is 4.91. The number of rotatable bonds is 7. The van der Waals surface area contributed by atoms with Gasteiger partial charge in [0.1, 0.15) is 5.75 Å². The zero-order valence-corrected chi connectivity index (χ0v) is 19.1. The molecule has 0 saturated carbocycles. The van der Waals surface area contributed by atoms with Gasteiger partial charge in [0.2, 0.25) is 0 Å². The van der Waals surface area contributed by atoms with Crippen molar-refractivity contribution in [1.82, 2.24) is 0 Å². The lowest BCUT2D eigenvalue weighted by Crippen LogP contribution is -2.40. The van der Waals surface area contributed by atoms with Crippen LogP contribution in [0.5, 0.6) is 5.75 Å². The Balaban J connectivity index is 1.89. The van der Waals surface area contributed by atoms with Gasteiger partial charge in [0.15, 0.2) is 6.61 Å². The lowest BCUT2D eigenvalue weighted by Gasteiger charge is -2.23. The van der Waals surface area contributed by atoms with E-state index in [1.54, 1.807) is 54.6 Å². The molecular formula is C23H22BrNO4S. The minimum Gasteiger partial charge on any atom is -0.483 e. The van der Waals surface area contributed by atoms with Crippen LogP contribution in [0.1, 0.15) is 25.3 Å². The smallest absolute Gasteiger partial charge is 0.278 e. The molecule has 0 fully saturated rings. The Hall–Kier alpha value is -2.64. The Morgan fingerprint density at radius 2 is 1.57 bits per heavy atom. The maximum absolute atomic E-state index is 13.2. The number of para-hydroxylation sites is 1. The molecule has 0 N–H and O–H groups in total. The standard InChI is InChI=1S/C23H22BrNO4S/c1-17(2)18-13-14-22(21(24)15-18)29-16-23(26)25(19-9-5-3-6-10-19)30(27,28)20-11-7-4-8-12-20/h3-15,17H,16H2,1-2H3. The van der Waals surface area contributed by atoms with E-state index in [2.05, 4.69) is 29.8 Å². The van der Waals surface area contributed by atoms with Crippen molar-refractivity contribution in [2.24, 2.45) is 0 Å². The molecule has 0 aliphatic carbocycles. The van der Waals surface area contributed by atoms with Crippen molar-refractivity contribution in [2.45, 2.75) is 24.7 Å². The molecule has 30 heavy (non-hydrogen) atoms. The number of sulfonamides is 1. The van der Waals surface area contributed by atoms with E-state index in [0.29, 0.717) is 16.1 Å². The van der Waals surface area contributed by atoms with E-state index < -0.39 is 22.5 Å². The lowest BCUT2D eigenvalue weighted by molar-refractivity contribution is -0.119. The van der Waals surface area contributed by atoms with Gasteiger partial charge in [-0.15, -0.1) is 0 Å². The number of carbonyl (C=O) groups excluding carboxylic acids is 1. The van der Waals surface area contributed by atoms with Crippen molar-refractivity contribution < 1.29 is 17.9 Å². The van der Waals surface area contributed by atoms with Gasteiger partial charge in [-0.3, -0.25) is 4.79 Å². The van der Waals surface area contributed by atoms with E-state index in [1.807, 2.05) is 12.1 Å². The van der Waals surface area contributed by atoms with Gasteiger partial charge in [-0.05, 0) is 63.8 Å². The van der Waals surface area contributed by atoms with Gasteiger partial charge >= 0.3 is 0 Å². The molecule has 0 bridgehead atoms. The number of halogens is 1. The molecular weight excluding hydrogens is 466 g/mol. The van der Waals surface area contributed by atoms with E-state index >= 15 is 0 Å². The van der Waals surface area contributed by atoms with Gasteiger partial charge in [-0.25, -0.2) is 8.42 Å². The van der Waals surface area contributed by atoms with Crippen LogP contribution in [0, 0.1) is 0 Å². The highest BCUT2D eigenvalue weighted by molar-refractivity contribution is 9.10. The molecule has 5 nitrogen and oxygen atoms in total. The summed E-state index contributed by atoms with van der Waals surface area (Å²) in [4.78, 5) is 13.1. The van der Waals surface area contributed by atoms with Gasteiger partial charge in [0, 0.05) is 0 Å². The molecule has 1 amide bonds. The zero-order valence-electron chi connectivity index (χ0n) is 16.7. The van der Waals surface area contributed by atoms with Gasteiger partial charge in [0.05, 0.1) is 15.1 Å². The van der Waals surface area contributed by atoms with E-state index in [0.717, 1.165) is 9.87 Å². The molecule has 0 spiro atoms. The molecule has 0 aliphatic heterocycles. The Kier molecular flexibility index (Phi) is 6.95. The highest BCUT2D eigenvalue weighted by Gasteiger charge is 2.31. The highest BCUT2D eigenvalue weighted by atomic mass is 79.9. The summed E-state index contributed by atoms with van der Waals surface area (Å²) in [6.07, 6.45) is 0. The fourth-order valence-corrected chi connectivity index (χ4v) is 4.81. The summed E-state index contributed by atoms with van der Waals surface area (Å²) in [6, 6.07) is 21.8. The van der Waals surface area contributed by atoms with E-state index in [4.69, 9.17) is 4.74 Å². The topological polar surface area (TPSA) is 63.7 Å². The predicted molar refractivity (Wildman–Crippen MR) is 121 cm³/mol. The summed E-state index contributed by atoms with van der Waals surface area (Å²) in [5.41, 5.74) is 1.38. The second kappa shape index (κ2) is 9.45. The number of hydrogen-bond acceptors (Lipinski definition) is 4. The van der Waals surface area contributed by atoms with Crippen LogP contribution < -0.4 is 9.04 Å². The quantitative estimate of drug-likeness (QED) is 0.449. The minimum absolute atomic E-state index is 0.0321. The monoisotopic (exact) mass is 487 g/mol. The van der Waals surface area contributed by atoms with Crippen LogP contribution in [0.2, 0.25) is 0 Å².